The van der Waals surface area contributed by atoms with E-state index in [1.165, 1.54) is 19.2 Å². The Bertz CT molecular complexity index is 605. The zero-order valence-electron chi connectivity index (χ0n) is 11.8. The summed E-state index contributed by atoms with van der Waals surface area (Å²) in [5.74, 6) is -0.378. The maximum absolute atomic E-state index is 12.1. The Balaban J connectivity index is 2.36. The van der Waals surface area contributed by atoms with Gasteiger partial charge in [0.1, 0.15) is 5.54 Å². The van der Waals surface area contributed by atoms with Crippen LogP contribution in [0.25, 0.3) is 0 Å². The summed E-state index contributed by atoms with van der Waals surface area (Å²) >= 11 is 0. The molecule has 1 atom stereocenters. The van der Waals surface area contributed by atoms with E-state index in [1.54, 1.807) is 19.1 Å². The van der Waals surface area contributed by atoms with Crippen LogP contribution < -0.4 is 5.32 Å². The smallest absolute Gasteiger partial charge is 0.330 e. The first-order valence-corrected chi connectivity index (χ1v) is 8.33. The van der Waals surface area contributed by atoms with Crippen molar-refractivity contribution in [2.24, 2.45) is 0 Å². The second-order valence-corrected chi connectivity index (χ2v) is 7.35. The molecular weight excluding hydrogens is 278 g/mol. The summed E-state index contributed by atoms with van der Waals surface area (Å²) in [6.45, 7) is 1.76. The zero-order valence-corrected chi connectivity index (χ0v) is 12.7. The van der Waals surface area contributed by atoms with Gasteiger partial charge in [0.25, 0.3) is 0 Å². The Labute approximate surface area is 119 Å². The fraction of sp³-hybridized carbons (Fsp3) is 0.500. The molecule has 1 saturated carbocycles. The van der Waals surface area contributed by atoms with E-state index in [0.717, 1.165) is 19.1 Å². The molecule has 0 bridgehead atoms. The van der Waals surface area contributed by atoms with Gasteiger partial charge in [-0.1, -0.05) is 12.1 Å². The Hall–Kier alpha value is -1.40. The molecule has 0 saturated heterocycles. The molecular formula is C14H19NO4S. The van der Waals surface area contributed by atoms with E-state index in [2.05, 4.69) is 5.32 Å². The number of carbonyl (C=O) groups is 1. The van der Waals surface area contributed by atoms with Gasteiger partial charge in [-0.15, -0.1) is 0 Å². The molecule has 1 aliphatic rings. The predicted octanol–water partition coefficient (Wildman–Crippen LogP) is 1.23. The maximum Gasteiger partial charge on any atom is 0.330 e. The van der Waals surface area contributed by atoms with Crippen LogP contribution in [0.2, 0.25) is 0 Å². The highest BCUT2D eigenvalue weighted by molar-refractivity contribution is 7.90. The number of sulfone groups is 1. The van der Waals surface area contributed by atoms with Gasteiger partial charge in [0.05, 0.1) is 12.0 Å². The normalized spacial score (nSPS) is 18.4. The minimum Gasteiger partial charge on any atom is -0.467 e. The van der Waals surface area contributed by atoms with Crippen molar-refractivity contribution in [1.82, 2.24) is 5.32 Å². The number of methoxy groups -OCH3 is 1. The van der Waals surface area contributed by atoms with Crippen LogP contribution in [-0.2, 0) is 24.9 Å². The van der Waals surface area contributed by atoms with E-state index in [1.807, 2.05) is 0 Å². The summed E-state index contributed by atoms with van der Waals surface area (Å²) in [5.41, 5.74) is -0.255. The molecule has 110 valence electrons. The van der Waals surface area contributed by atoms with Crippen molar-refractivity contribution in [3.63, 3.8) is 0 Å². The van der Waals surface area contributed by atoms with Gasteiger partial charge in [0, 0.05) is 12.3 Å². The molecule has 6 heteroatoms. The predicted molar refractivity (Wildman–Crippen MR) is 75.1 cm³/mol. The number of hydrogen-bond donors (Lipinski definition) is 1. The number of benzene rings is 1. The van der Waals surface area contributed by atoms with Crippen LogP contribution in [0.4, 0.5) is 0 Å². The van der Waals surface area contributed by atoms with Gasteiger partial charge in [-0.3, -0.25) is 5.32 Å². The molecule has 1 aromatic rings. The molecule has 20 heavy (non-hydrogen) atoms. The number of esters is 1. The quantitative estimate of drug-likeness (QED) is 0.828. The van der Waals surface area contributed by atoms with Crippen LogP contribution in [0.5, 0.6) is 0 Å². The fourth-order valence-electron chi connectivity index (χ4n) is 2.14. The van der Waals surface area contributed by atoms with Crippen molar-refractivity contribution in [3.8, 4) is 0 Å². The van der Waals surface area contributed by atoms with E-state index in [0.29, 0.717) is 11.6 Å². The third-order valence-corrected chi connectivity index (χ3v) is 4.65. The lowest BCUT2D eigenvalue weighted by molar-refractivity contribution is -0.148. The molecule has 1 fully saturated rings. The van der Waals surface area contributed by atoms with Crippen molar-refractivity contribution in [3.05, 3.63) is 29.8 Å². The van der Waals surface area contributed by atoms with Gasteiger partial charge < -0.3 is 4.74 Å². The lowest BCUT2D eigenvalue weighted by atomic mass is 9.92. The van der Waals surface area contributed by atoms with Crippen LogP contribution in [-0.4, -0.2) is 33.8 Å². The SMILES string of the molecule is COC(=O)C(C)(NC1CC1)c1ccc(S(C)(=O)=O)cc1. The summed E-state index contributed by atoms with van der Waals surface area (Å²) in [7, 11) is -1.89. The number of nitrogens with one attached hydrogen (secondary N) is 1. The monoisotopic (exact) mass is 297 g/mol. The molecule has 0 heterocycles. The minimum absolute atomic E-state index is 0.236. The average molecular weight is 297 g/mol. The summed E-state index contributed by atoms with van der Waals surface area (Å²) in [6.07, 6.45) is 3.23. The molecule has 1 N–H and O–H groups in total. The number of rotatable bonds is 5. The lowest BCUT2D eigenvalue weighted by Gasteiger charge is -2.28. The minimum atomic E-state index is -3.24. The van der Waals surface area contributed by atoms with Crippen LogP contribution in [0.1, 0.15) is 25.3 Å². The molecule has 1 unspecified atom stereocenters. The van der Waals surface area contributed by atoms with Crippen LogP contribution in [0.15, 0.2) is 29.2 Å². The van der Waals surface area contributed by atoms with Crippen molar-refractivity contribution < 1.29 is 17.9 Å². The highest BCUT2D eigenvalue weighted by atomic mass is 32.2. The highest BCUT2D eigenvalue weighted by Gasteiger charge is 2.40. The van der Waals surface area contributed by atoms with Gasteiger partial charge in [-0.05, 0) is 37.5 Å². The molecule has 1 aliphatic carbocycles. The zero-order chi connectivity index (χ0) is 15.0. The second kappa shape index (κ2) is 5.18. The fourth-order valence-corrected chi connectivity index (χ4v) is 2.77. The maximum atomic E-state index is 12.1. The summed E-state index contributed by atoms with van der Waals surface area (Å²) in [4.78, 5) is 12.3. The number of hydrogen-bond acceptors (Lipinski definition) is 5. The second-order valence-electron chi connectivity index (χ2n) is 5.33. The average Bonchev–Trinajstić information content (AvgIpc) is 3.20. The third kappa shape index (κ3) is 3.02. The van der Waals surface area contributed by atoms with E-state index in [4.69, 9.17) is 4.74 Å². The Morgan fingerprint density at radius 1 is 1.30 bits per heavy atom. The molecule has 0 radical (unpaired) electrons. The molecule has 2 rings (SSSR count). The third-order valence-electron chi connectivity index (χ3n) is 3.52. The van der Waals surface area contributed by atoms with Crippen LogP contribution in [0.3, 0.4) is 0 Å². The van der Waals surface area contributed by atoms with Crippen LogP contribution >= 0.6 is 0 Å². The lowest BCUT2D eigenvalue weighted by Crippen LogP contribution is -2.48. The summed E-state index contributed by atoms with van der Waals surface area (Å²) in [6, 6.07) is 6.65. The topological polar surface area (TPSA) is 72.5 Å². The van der Waals surface area contributed by atoms with Crippen molar-refractivity contribution >= 4 is 15.8 Å². The van der Waals surface area contributed by atoms with Crippen molar-refractivity contribution in [2.75, 3.05) is 13.4 Å². The van der Waals surface area contributed by atoms with Crippen LogP contribution in [0, 0.1) is 0 Å². The highest BCUT2D eigenvalue weighted by Crippen LogP contribution is 2.30. The summed E-state index contributed by atoms with van der Waals surface area (Å²) in [5, 5.41) is 3.27. The molecule has 1 aromatic carbocycles. The van der Waals surface area contributed by atoms with E-state index >= 15 is 0 Å². The Morgan fingerprint density at radius 3 is 2.25 bits per heavy atom. The molecule has 5 nitrogen and oxygen atoms in total. The van der Waals surface area contributed by atoms with E-state index in [9.17, 15) is 13.2 Å². The first kappa shape index (κ1) is 15.0. The standard InChI is InChI=1S/C14H19NO4S/c1-14(13(16)19-2,15-11-6-7-11)10-4-8-12(9-5-10)20(3,17)18/h4-5,8-9,11,15H,6-7H2,1-3H3. The Morgan fingerprint density at radius 2 is 1.85 bits per heavy atom. The van der Waals surface area contributed by atoms with Gasteiger partial charge in [-0.2, -0.15) is 0 Å². The number of ether oxygens (including phenoxy) is 1. The number of carbonyl (C=O) groups excluding carboxylic acids is 1. The first-order valence-electron chi connectivity index (χ1n) is 6.44. The Kier molecular flexibility index (Phi) is 3.88. The molecule has 0 amide bonds. The largest absolute Gasteiger partial charge is 0.467 e. The van der Waals surface area contributed by atoms with E-state index in [-0.39, 0.29) is 10.9 Å². The summed E-state index contributed by atoms with van der Waals surface area (Å²) < 4.78 is 27.8. The molecule has 0 aromatic heterocycles. The van der Waals surface area contributed by atoms with Crippen molar-refractivity contribution in [2.45, 2.75) is 36.2 Å². The molecule has 0 spiro atoms. The first-order chi connectivity index (χ1) is 9.27. The van der Waals surface area contributed by atoms with Gasteiger partial charge in [0.2, 0.25) is 0 Å². The molecule has 0 aliphatic heterocycles. The van der Waals surface area contributed by atoms with Gasteiger partial charge in [-0.25, -0.2) is 13.2 Å². The van der Waals surface area contributed by atoms with Gasteiger partial charge in [0.15, 0.2) is 9.84 Å². The van der Waals surface area contributed by atoms with E-state index < -0.39 is 15.4 Å². The van der Waals surface area contributed by atoms with Crippen molar-refractivity contribution in [1.29, 1.82) is 0 Å². The van der Waals surface area contributed by atoms with Gasteiger partial charge >= 0.3 is 5.97 Å².